The minimum Gasteiger partial charge on any atom is -0.497 e. The predicted octanol–water partition coefficient (Wildman–Crippen LogP) is 3.08. The van der Waals surface area contributed by atoms with Crippen LogP contribution in [-0.2, 0) is 0 Å². The Bertz CT molecular complexity index is 554. The summed E-state index contributed by atoms with van der Waals surface area (Å²) < 4.78 is 9.23. The average Bonchev–Trinajstić information content (AvgIpc) is 2.71. The second kappa shape index (κ2) is 4.85. The van der Waals surface area contributed by atoms with Crippen molar-refractivity contribution < 1.29 is 4.74 Å². The second-order valence-electron chi connectivity index (χ2n) is 3.44. The molecule has 0 spiro atoms. The third-order valence-corrected chi connectivity index (χ3v) is 3.18. The fourth-order valence-corrected chi connectivity index (χ4v) is 2.16. The SMILES string of the molecule is COc1ccc(Nc2snc(C)c2C#N)cc1. The van der Waals surface area contributed by atoms with Gasteiger partial charge in [-0.25, -0.2) is 0 Å². The Morgan fingerprint density at radius 2 is 2.06 bits per heavy atom. The summed E-state index contributed by atoms with van der Waals surface area (Å²) in [6, 6.07) is 9.67. The minimum atomic E-state index is 0.603. The van der Waals surface area contributed by atoms with Crippen molar-refractivity contribution in [3.63, 3.8) is 0 Å². The van der Waals surface area contributed by atoms with Crippen LogP contribution < -0.4 is 10.1 Å². The van der Waals surface area contributed by atoms with Gasteiger partial charge in [0.25, 0.3) is 0 Å². The van der Waals surface area contributed by atoms with Crippen LogP contribution in [0.1, 0.15) is 11.3 Å². The van der Waals surface area contributed by atoms with Gasteiger partial charge in [-0.3, -0.25) is 0 Å². The molecule has 0 aliphatic carbocycles. The van der Waals surface area contributed by atoms with Crippen molar-refractivity contribution in [1.82, 2.24) is 4.37 Å². The van der Waals surface area contributed by atoms with Crippen molar-refractivity contribution in [3.8, 4) is 11.8 Å². The molecule has 1 N–H and O–H groups in total. The number of methoxy groups -OCH3 is 1. The lowest BCUT2D eigenvalue weighted by Gasteiger charge is -2.04. The first-order valence-electron chi connectivity index (χ1n) is 5.02. The standard InChI is InChI=1S/C12H11N3OS/c1-8-11(7-13)12(17-15-8)14-9-3-5-10(16-2)6-4-9/h3-6,14H,1-2H3. The molecule has 5 heteroatoms. The van der Waals surface area contributed by atoms with Crippen LogP contribution in [0, 0.1) is 18.3 Å². The van der Waals surface area contributed by atoms with Crippen LogP contribution in [0.5, 0.6) is 5.75 Å². The number of aromatic nitrogens is 1. The quantitative estimate of drug-likeness (QED) is 0.902. The molecule has 2 aromatic rings. The van der Waals surface area contributed by atoms with Gasteiger partial charge in [0.05, 0.1) is 12.8 Å². The number of anilines is 2. The molecule has 1 aromatic carbocycles. The van der Waals surface area contributed by atoms with E-state index >= 15 is 0 Å². The predicted molar refractivity (Wildman–Crippen MR) is 67.8 cm³/mol. The molecular weight excluding hydrogens is 234 g/mol. The summed E-state index contributed by atoms with van der Waals surface area (Å²) in [5, 5.41) is 13.0. The van der Waals surface area contributed by atoms with E-state index < -0.39 is 0 Å². The van der Waals surface area contributed by atoms with E-state index in [2.05, 4.69) is 15.8 Å². The molecule has 0 fully saturated rings. The number of rotatable bonds is 3. The summed E-state index contributed by atoms with van der Waals surface area (Å²) in [6.07, 6.45) is 0. The number of benzene rings is 1. The Labute approximate surface area is 104 Å². The normalized spacial score (nSPS) is 9.71. The van der Waals surface area contributed by atoms with Crippen molar-refractivity contribution in [2.24, 2.45) is 0 Å². The van der Waals surface area contributed by atoms with Crippen LogP contribution in [0.25, 0.3) is 0 Å². The largest absolute Gasteiger partial charge is 0.497 e. The van der Waals surface area contributed by atoms with E-state index in [-0.39, 0.29) is 0 Å². The van der Waals surface area contributed by atoms with Crippen molar-refractivity contribution >= 4 is 22.2 Å². The summed E-state index contributed by atoms with van der Waals surface area (Å²) >= 11 is 1.29. The van der Waals surface area contributed by atoms with Gasteiger partial charge in [0.2, 0.25) is 0 Å². The molecule has 0 aliphatic rings. The van der Waals surface area contributed by atoms with Gasteiger partial charge in [-0.2, -0.15) is 9.64 Å². The van der Waals surface area contributed by atoms with Gasteiger partial charge in [-0.1, -0.05) is 0 Å². The van der Waals surface area contributed by atoms with Crippen LogP contribution in [0.15, 0.2) is 24.3 Å². The Morgan fingerprint density at radius 1 is 1.35 bits per heavy atom. The molecule has 0 unspecified atom stereocenters. The number of nitrogens with zero attached hydrogens (tertiary/aromatic N) is 2. The van der Waals surface area contributed by atoms with E-state index in [0.717, 1.165) is 22.1 Å². The molecule has 1 aromatic heterocycles. The molecule has 0 aliphatic heterocycles. The van der Waals surface area contributed by atoms with Crippen LogP contribution in [0.2, 0.25) is 0 Å². The lowest BCUT2D eigenvalue weighted by atomic mass is 10.2. The Balaban J connectivity index is 2.23. The van der Waals surface area contributed by atoms with E-state index in [0.29, 0.717) is 5.56 Å². The van der Waals surface area contributed by atoms with Gasteiger partial charge < -0.3 is 10.1 Å². The maximum Gasteiger partial charge on any atom is 0.132 e. The molecule has 0 atom stereocenters. The van der Waals surface area contributed by atoms with E-state index in [1.54, 1.807) is 7.11 Å². The summed E-state index contributed by atoms with van der Waals surface area (Å²) in [5.74, 6) is 0.802. The first-order chi connectivity index (χ1) is 8.24. The fraction of sp³-hybridized carbons (Fsp3) is 0.167. The molecule has 0 bridgehead atoms. The van der Waals surface area contributed by atoms with Gasteiger partial charge >= 0.3 is 0 Å². The number of nitrogens with one attached hydrogen (secondary N) is 1. The number of nitriles is 1. The van der Waals surface area contributed by atoms with E-state index in [1.165, 1.54) is 11.5 Å². The van der Waals surface area contributed by atoms with Crippen LogP contribution in [-0.4, -0.2) is 11.5 Å². The van der Waals surface area contributed by atoms with E-state index in [9.17, 15) is 0 Å². The Morgan fingerprint density at radius 3 is 2.65 bits per heavy atom. The first kappa shape index (κ1) is 11.4. The van der Waals surface area contributed by atoms with Gasteiger partial charge in [-0.05, 0) is 42.7 Å². The highest BCUT2D eigenvalue weighted by molar-refractivity contribution is 7.10. The lowest BCUT2D eigenvalue weighted by molar-refractivity contribution is 0.415. The van der Waals surface area contributed by atoms with Gasteiger partial charge in [0.1, 0.15) is 22.4 Å². The molecule has 1 heterocycles. The Kier molecular flexibility index (Phi) is 3.26. The number of hydrogen-bond donors (Lipinski definition) is 1. The molecule has 0 saturated carbocycles. The maximum atomic E-state index is 9.01. The van der Waals surface area contributed by atoms with Crippen molar-refractivity contribution in [2.45, 2.75) is 6.92 Å². The summed E-state index contributed by atoms with van der Waals surface area (Å²) in [5.41, 5.74) is 2.27. The smallest absolute Gasteiger partial charge is 0.132 e. The zero-order valence-electron chi connectivity index (χ0n) is 9.52. The summed E-state index contributed by atoms with van der Waals surface area (Å²) in [7, 11) is 1.63. The number of ether oxygens (including phenoxy) is 1. The third kappa shape index (κ3) is 2.37. The number of aryl methyl sites for hydroxylation is 1. The first-order valence-corrected chi connectivity index (χ1v) is 5.79. The zero-order chi connectivity index (χ0) is 12.3. The highest BCUT2D eigenvalue weighted by Gasteiger charge is 2.09. The monoisotopic (exact) mass is 245 g/mol. The Hall–Kier alpha value is -2.06. The summed E-state index contributed by atoms with van der Waals surface area (Å²) in [4.78, 5) is 0. The zero-order valence-corrected chi connectivity index (χ0v) is 10.3. The molecule has 0 amide bonds. The highest BCUT2D eigenvalue weighted by Crippen LogP contribution is 2.27. The minimum absolute atomic E-state index is 0.603. The van der Waals surface area contributed by atoms with Crippen LogP contribution >= 0.6 is 11.5 Å². The summed E-state index contributed by atoms with van der Waals surface area (Å²) in [6.45, 7) is 1.83. The maximum absolute atomic E-state index is 9.01. The molecule has 0 saturated heterocycles. The molecule has 4 nitrogen and oxygen atoms in total. The average molecular weight is 245 g/mol. The van der Waals surface area contributed by atoms with Crippen molar-refractivity contribution in [2.75, 3.05) is 12.4 Å². The third-order valence-electron chi connectivity index (χ3n) is 2.32. The molecule has 86 valence electrons. The molecule has 2 rings (SSSR count). The van der Waals surface area contributed by atoms with E-state index in [4.69, 9.17) is 10.00 Å². The van der Waals surface area contributed by atoms with Crippen molar-refractivity contribution in [1.29, 1.82) is 5.26 Å². The van der Waals surface area contributed by atoms with E-state index in [1.807, 2.05) is 31.2 Å². The highest BCUT2D eigenvalue weighted by atomic mass is 32.1. The van der Waals surface area contributed by atoms with Crippen LogP contribution in [0.3, 0.4) is 0 Å². The molecule has 0 radical (unpaired) electrons. The topological polar surface area (TPSA) is 57.9 Å². The molecule has 17 heavy (non-hydrogen) atoms. The second-order valence-corrected chi connectivity index (χ2v) is 4.21. The van der Waals surface area contributed by atoms with Gasteiger partial charge in [0, 0.05) is 5.69 Å². The fourth-order valence-electron chi connectivity index (χ4n) is 1.39. The van der Waals surface area contributed by atoms with Gasteiger partial charge in [0.15, 0.2) is 0 Å². The number of hydrogen-bond acceptors (Lipinski definition) is 5. The van der Waals surface area contributed by atoms with Gasteiger partial charge in [-0.15, -0.1) is 0 Å². The molecular formula is C12H11N3OS. The lowest BCUT2D eigenvalue weighted by Crippen LogP contribution is -1.90. The van der Waals surface area contributed by atoms with Crippen molar-refractivity contribution in [3.05, 3.63) is 35.5 Å². The van der Waals surface area contributed by atoms with Crippen LogP contribution in [0.4, 0.5) is 10.7 Å².